The summed E-state index contributed by atoms with van der Waals surface area (Å²) in [7, 11) is -3.13. The summed E-state index contributed by atoms with van der Waals surface area (Å²) in [6.07, 6.45) is 1.88. The average Bonchev–Trinajstić information content (AvgIpc) is 2.99. The number of nitrogens with zero attached hydrogens (tertiary/aromatic N) is 3. The van der Waals surface area contributed by atoms with Gasteiger partial charge in [0.1, 0.15) is 5.82 Å². The molecule has 1 fully saturated rings. The van der Waals surface area contributed by atoms with Crippen LogP contribution >= 0.6 is 0 Å². The van der Waals surface area contributed by atoms with E-state index >= 15 is 0 Å². The second kappa shape index (κ2) is 5.73. The molecule has 23 heavy (non-hydrogen) atoms. The molecule has 0 bridgehead atoms. The molecule has 0 radical (unpaired) electrons. The topological polar surface area (TPSA) is 109 Å². The van der Waals surface area contributed by atoms with Crippen LogP contribution in [-0.2, 0) is 19.4 Å². The van der Waals surface area contributed by atoms with Gasteiger partial charge in [0.05, 0.1) is 23.3 Å². The van der Waals surface area contributed by atoms with E-state index in [2.05, 4.69) is 15.4 Å². The smallest absolute Gasteiger partial charge is 0.261 e. The highest BCUT2D eigenvalue weighted by atomic mass is 32.2. The van der Waals surface area contributed by atoms with Crippen molar-refractivity contribution in [2.45, 2.75) is 19.4 Å². The van der Waals surface area contributed by atoms with Gasteiger partial charge in [-0.25, -0.2) is 18.4 Å². The number of carbonyl (C=O) groups is 2. The first-order valence-corrected chi connectivity index (χ1v) is 9.00. The first kappa shape index (κ1) is 15.6. The van der Waals surface area contributed by atoms with E-state index < -0.39 is 33.6 Å². The third-order valence-corrected chi connectivity index (χ3v) is 5.64. The molecule has 9 heteroatoms. The van der Waals surface area contributed by atoms with E-state index in [1.165, 1.54) is 6.20 Å². The normalized spacial score (nSPS) is 26.2. The summed E-state index contributed by atoms with van der Waals surface area (Å²) in [6, 6.07) is 4.56. The zero-order chi connectivity index (χ0) is 16.6. The second-order valence-corrected chi connectivity index (χ2v) is 7.85. The van der Waals surface area contributed by atoms with E-state index in [0.29, 0.717) is 18.0 Å². The van der Waals surface area contributed by atoms with E-state index in [1.54, 1.807) is 25.1 Å². The number of hydrogen-bond acceptors (Lipinski definition) is 6. The largest absolute Gasteiger partial charge is 0.310 e. The Kier molecular flexibility index (Phi) is 3.88. The predicted octanol–water partition coefficient (Wildman–Crippen LogP) is 0.0415. The van der Waals surface area contributed by atoms with Crippen molar-refractivity contribution in [1.82, 2.24) is 9.99 Å². The molecule has 0 spiro atoms. The lowest BCUT2D eigenvalue weighted by Crippen LogP contribution is -2.40. The van der Waals surface area contributed by atoms with E-state index in [4.69, 9.17) is 0 Å². The Morgan fingerprint density at radius 2 is 2.17 bits per heavy atom. The molecule has 1 N–H and O–H groups in total. The van der Waals surface area contributed by atoms with Gasteiger partial charge in [-0.05, 0) is 25.5 Å². The van der Waals surface area contributed by atoms with Crippen molar-refractivity contribution in [2.24, 2.45) is 11.0 Å². The zero-order valence-corrected chi connectivity index (χ0v) is 13.3. The van der Waals surface area contributed by atoms with E-state index in [1.807, 2.05) is 0 Å². The monoisotopic (exact) mass is 336 g/mol. The van der Waals surface area contributed by atoms with Gasteiger partial charge in [0.2, 0.25) is 5.91 Å². The predicted molar refractivity (Wildman–Crippen MR) is 83.4 cm³/mol. The maximum atomic E-state index is 12.5. The van der Waals surface area contributed by atoms with Crippen molar-refractivity contribution < 1.29 is 18.0 Å². The molecular weight excluding hydrogens is 320 g/mol. The number of anilines is 1. The average molecular weight is 336 g/mol. The van der Waals surface area contributed by atoms with Crippen LogP contribution in [0.5, 0.6) is 0 Å². The number of hydrogen-bond donors (Lipinski definition) is 1. The summed E-state index contributed by atoms with van der Waals surface area (Å²) < 4.78 is 23.1. The lowest BCUT2D eigenvalue weighted by molar-refractivity contribution is -0.137. The Bertz CT molecular complexity index is 775. The Hall–Kier alpha value is -2.29. The number of rotatable bonds is 3. The van der Waals surface area contributed by atoms with Crippen molar-refractivity contribution in [1.29, 1.82) is 0 Å². The van der Waals surface area contributed by atoms with Crippen molar-refractivity contribution in [3.05, 3.63) is 24.4 Å². The Morgan fingerprint density at radius 3 is 2.78 bits per heavy atom. The SMILES string of the molecule is CC1=NN(C2CCS(=O)(=O)C2)C(=O)C1C(=O)Nc1ccccn1. The third kappa shape index (κ3) is 3.09. The van der Waals surface area contributed by atoms with Gasteiger partial charge in [0.15, 0.2) is 15.8 Å². The zero-order valence-electron chi connectivity index (χ0n) is 12.5. The van der Waals surface area contributed by atoms with E-state index in [0.717, 1.165) is 5.01 Å². The maximum Gasteiger partial charge on any atom is 0.261 e. The van der Waals surface area contributed by atoms with Crippen LogP contribution in [0.2, 0.25) is 0 Å². The van der Waals surface area contributed by atoms with Gasteiger partial charge >= 0.3 is 0 Å². The van der Waals surface area contributed by atoms with Crippen molar-refractivity contribution in [2.75, 3.05) is 16.8 Å². The standard InChI is InChI=1S/C14H16N4O4S/c1-9-12(13(19)16-11-4-2-3-6-15-11)14(20)18(17-9)10-5-7-23(21,22)8-10/h2-4,6,10,12H,5,7-8H2,1H3,(H,15,16,19). The van der Waals surface area contributed by atoms with Crippen LogP contribution in [0.15, 0.2) is 29.5 Å². The molecule has 2 aliphatic heterocycles. The fraction of sp³-hybridized carbons (Fsp3) is 0.429. The first-order chi connectivity index (χ1) is 10.9. The summed E-state index contributed by atoms with van der Waals surface area (Å²) >= 11 is 0. The van der Waals surface area contributed by atoms with Crippen LogP contribution < -0.4 is 5.32 Å². The molecule has 0 aromatic carbocycles. The third-order valence-electron chi connectivity index (χ3n) is 3.89. The first-order valence-electron chi connectivity index (χ1n) is 7.18. The van der Waals surface area contributed by atoms with Gasteiger partial charge in [0, 0.05) is 6.20 Å². The van der Waals surface area contributed by atoms with Gasteiger partial charge in [-0.3, -0.25) is 9.59 Å². The van der Waals surface area contributed by atoms with Crippen LogP contribution in [0.3, 0.4) is 0 Å². The van der Waals surface area contributed by atoms with E-state index in [-0.39, 0.29) is 11.5 Å². The van der Waals surface area contributed by atoms with Gasteiger partial charge in [-0.2, -0.15) is 5.10 Å². The molecular formula is C14H16N4O4S. The molecule has 2 unspecified atom stereocenters. The van der Waals surface area contributed by atoms with Crippen LogP contribution in [0.25, 0.3) is 0 Å². The number of aromatic nitrogens is 1. The highest BCUT2D eigenvalue weighted by Gasteiger charge is 2.44. The lowest BCUT2D eigenvalue weighted by atomic mass is 10.0. The summed E-state index contributed by atoms with van der Waals surface area (Å²) in [5.41, 5.74) is 0.354. The second-order valence-electron chi connectivity index (χ2n) is 5.62. The summed E-state index contributed by atoms with van der Waals surface area (Å²) in [4.78, 5) is 28.8. The van der Waals surface area contributed by atoms with Gasteiger partial charge < -0.3 is 5.32 Å². The fourth-order valence-corrected chi connectivity index (χ4v) is 4.45. The molecule has 2 amide bonds. The molecule has 8 nitrogen and oxygen atoms in total. The molecule has 0 saturated carbocycles. The summed E-state index contributed by atoms with van der Waals surface area (Å²) in [6.45, 7) is 1.59. The molecule has 1 aromatic heterocycles. The summed E-state index contributed by atoms with van der Waals surface area (Å²) in [5, 5.41) is 7.85. The van der Waals surface area contributed by atoms with Crippen LogP contribution in [0, 0.1) is 5.92 Å². The summed E-state index contributed by atoms with van der Waals surface area (Å²) in [5.74, 6) is -1.76. The number of nitrogens with one attached hydrogen (secondary N) is 1. The Morgan fingerprint density at radius 1 is 1.39 bits per heavy atom. The molecule has 0 aliphatic carbocycles. The molecule has 3 rings (SSSR count). The van der Waals surface area contributed by atoms with Crippen LogP contribution in [-0.4, -0.2) is 53.5 Å². The molecule has 1 aromatic rings. The van der Waals surface area contributed by atoms with Crippen molar-refractivity contribution >= 4 is 33.2 Å². The minimum absolute atomic E-state index is 0.0425. The minimum atomic E-state index is -3.13. The van der Waals surface area contributed by atoms with E-state index in [9.17, 15) is 18.0 Å². The van der Waals surface area contributed by atoms with Gasteiger partial charge in [-0.15, -0.1) is 0 Å². The number of hydrazone groups is 1. The van der Waals surface area contributed by atoms with Crippen molar-refractivity contribution in [3.63, 3.8) is 0 Å². The number of amides is 2. The lowest BCUT2D eigenvalue weighted by Gasteiger charge is -2.19. The van der Waals surface area contributed by atoms with Crippen LogP contribution in [0.1, 0.15) is 13.3 Å². The molecule has 2 atom stereocenters. The molecule has 1 saturated heterocycles. The van der Waals surface area contributed by atoms with Crippen LogP contribution in [0.4, 0.5) is 5.82 Å². The van der Waals surface area contributed by atoms with Crippen molar-refractivity contribution in [3.8, 4) is 0 Å². The quantitative estimate of drug-likeness (QED) is 0.784. The number of pyridine rings is 1. The highest BCUT2D eigenvalue weighted by molar-refractivity contribution is 7.91. The molecule has 2 aliphatic rings. The molecule has 122 valence electrons. The fourth-order valence-electron chi connectivity index (χ4n) is 2.75. The Balaban J connectivity index is 1.74. The Labute approximate surface area is 133 Å². The number of sulfone groups is 1. The highest BCUT2D eigenvalue weighted by Crippen LogP contribution is 2.25. The van der Waals surface area contributed by atoms with Gasteiger partial charge in [0.25, 0.3) is 5.91 Å². The maximum absolute atomic E-state index is 12.5. The minimum Gasteiger partial charge on any atom is -0.310 e. The molecule has 3 heterocycles. The number of carbonyl (C=O) groups excluding carboxylic acids is 2. The van der Waals surface area contributed by atoms with Gasteiger partial charge in [-0.1, -0.05) is 6.07 Å².